The maximum absolute atomic E-state index is 13.8. The minimum atomic E-state index is -1.72. The summed E-state index contributed by atoms with van der Waals surface area (Å²) < 4.78 is 18.4. The van der Waals surface area contributed by atoms with Gasteiger partial charge >= 0.3 is 5.97 Å². The summed E-state index contributed by atoms with van der Waals surface area (Å²) >= 11 is 0. The third-order valence-electron chi connectivity index (χ3n) is 9.20. The molecule has 5 atom stereocenters. The lowest BCUT2D eigenvalue weighted by Crippen LogP contribution is -2.39. The van der Waals surface area contributed by atoms with E-state index in [2.05, 4.69) is 0 Å². The predicted octanol–water partition coefficient (Wildman–Crippen LogP) is 3.98. The fourth-order valence-electron chi connectivity index (χ4n) is 6.73. The number of aliphatic hydroxyl groups excluding tert-OH is 1. The molecule has 0 aromatic heterocycles. The second-order valence-electron chi connectivity index (χ2n) is 12.6. The highest BCUT2D eigenvalue weighted by Crippen LogP contribution is 2.58. The Morgan fingerprint density at radius 3 is 1.77 bits per heavy atom. The molecule has 0 bridgehead atoms. The fourth-order valence-corrected chi connectivity index (χ4v) is 6.73. The average Bonchev–Trinajstić information content (AvgIpc) is 3.09. The first-order valence-corrected chi connectivity index (χ1v) is 15.8. The van der Waals surface area contributed by atoms with Crippen LogP contribution in [0.25, 0.3) is 0 Å². The molecule has 0 amide bonds. The van der Waals surface area contributed by atoms with Crippen molar-refractivity contribution < 1.29 is 80.3 Å². The number of hydrogen-bond acceptors (Lipinski definition) is 16. The van der Waals surface area contributed by atoms with Gasteiger partial charge in [-0.05, 0) is 42.0 Å². The highest BCUT2D eigenvalue weighted by Gasteiger charge is 2.49. The molecule has 7 rings (SSSR count). The maximum Gasteiger partial charge on any atom is 0.338 e. The lowest BCUT2D eigenvalue weighted by atomic mass is 9.77. The predicted molar refractivity (Wildman–Crippen MR) is 178 cm³/mol. The van der Waals surface area contributed by atoms with Gasteiger partial charge in [0.15, 0.2) is 52.5 Å². The quantitative estimate of drug-likeness (QED) is 0.0899. The van der Waals surface area contributed by atoms with Crippen molar-refractivity contribution in [1.82, 2.24) is 0 Å². The summed E-state index contributed by atoms with van der Waals surface area (Å²) in [6.45, 7) is 0. The summed E-state index contributed by atoms with van der Waals surface area (Å²) in [5.41, 5.74) is -0.728. The molecule has 0 fully saturated rings. The summed E-state index contributed by atoms with van der Waals surface area (Å²) in [5, 5.41) is 126. The number of carbonyl (C=O) groups excluding carboxylic acids is 1. The Kier molecular flexibility index (Phi) is 8.18. The van der Waals surface area contributed by atoms with Gasteiger partial charge in [0.25, 0.3) is 0 Å². The summed E-state index contributed by atoms with van der Waals surface area (Å²) in [4.78, 5) is 13.8. The molecule has 5 aromatic rings. The van der Waals surface area contributed by atoms with E-state index in [0.717, 1.165) is 54.6 Å². The van der Waals surface area contributed by atoms with Crippen LogP contribution in [0.4, 0.5) is 0 Å². The van der Waals surface area contributed by atoms with Crippen LogP contribution in [0.1, 0.15) is 56.3 Å². The number of fused-ring (bicyclic) bond motifs is 2. The Labute approximate surface area is 297 Å². The molecule has 16 nitrogen and oxygen atoms in total. The molecule has 16 heteroatoms. The smallest absolute Gasteiger partial charge is 0.338 e. The Morgan fingerprint density at radius 1 is 0.585 bits per heavy atom. The average molecular weight is 731 g/mol. The minimum Gasteiger partial charge on any atom is -0.508 e. The van der Waals surface area contributed by atoms with Gasteiger partial charge in [0.2, 0.25) is 0 Å². The van der Waals surface area contributed by atoms with E-state index < -0.39 is 105 Å². The van der Waals surface area contributed by atoms with Crippen LogP contribution in [0, 0.1) is 0 Å². The number of aromatic hydroxyl groups is 11. The van der Waals surface area contributed by atoms with Crippen LogP contribution in [-0.4, -0.2) is 79.5 Å². The third-order valence-corrected chi connectivity index (χ3v) is 9.20. The Balaban J connectivity index is 1.48. The lowest BCUT2D eigenvalue weighted by Gasteiger charge is -2.41. The summed E-state index contributed by atoms with van der Waals surface area (Å²) in [6, 6.07) is 11.7. The highest BCUT2D eigenvalue weighted by molar-refractivity contribution is 5.91. The van der Waals surface area contributed by atoms with E-state index in [1.165, 1.54) is 12.1 Å². The number of carbonyl (C=O) groups is 1. The largest absolute Gasteiger partial charge is 0.508 e. The minimum absolute atomic E-state index is 0.0341. The van der Waals surface area contributed by atoms with Gasteiger partial charge in [-0.3, -0.25) is 0 Å². The van der Waals surface area contributed by atoms with Crippen LogP contribution in [0.3, 0.4) is 0 Å². The van der Waals surface area contributed by atoms with Crippen molar-refractivity contribution in [2.24, 2.45) is 0 Å². The normalized spacial score (nSPS) is 20.4. The van der Waals surface area contributed by atoms with E-state index in [0.29, 0.717) is 0 Å². The van der Waals surface area contributed by atoms with Crippen molar-refractivity contribution in [1.29, 1.82) is 0 Å². The zero-order valence-electron chi connectivity index (χ0n) is 26.9. The molecule has 2 aliphatic heterocycles. The van der Waals surface area contributed by atoms with Crippen molar-refractivity contribution in [2.75, 3.05) is 0 Å². The number of ether oxygens (including phenoxy) is 3. The summed E-state index contributed by atoms with van der Waals surface area (Å²) in [5.74, 6) is -10.4. The first-order chi connectivity index (χ1) is 25.1. The van der Waals surface area contributed by atoms with Crippen molar-refractivity contribution >= 4 is 5.97 Å². The molecule has 0 spiro atoms. The van der Waals surface area contributed by atoms with E-state index >= 15 is 0 Å². The SMILES string of the molecule is O=C(O[C@@H]1[C@@H](c2c(O)cc(O)c3c2OC(c2ccc(O)c(O)c2)C(O)C3)c2c(O)cc(O)cc2O[C@@H]1c1ccc(O)c(O)c1)c1cc(O)c(O)c(O)c1. The zero-order chi connectivity index (χ0) is 38.0. The second-order valence-corrected chi connectivity index (χ2v) is 12.6. The highest BCUT2D eigenvalue weighted by atomic mass is 16.6. The zero-order valence-corrected chi connectivity index (χ0v) is 26.9. The van der Waals surface area contributed by atoms with Crippen molar-refractivity contribution in [3.8, 4) is 74.7 Å². The number of rotatable bonds is 5. The van der Waals surface area contributed by atoms with Crippen molar-refractivity contribution in [3.63, 3.8) is 0 Å². The summed E-state index contributed by atoms with van der Waals surface area (Å²) in [7, 11) is 0. The van der Waals surface area contributed by atoms with E-state index in [-0.39, 0.29) is 45.7 Å². The second kappa shape index (κ2) is 12.6. The molecule has 2 unspecified atom stereocenters. The number of aliphatic hydroxyl groups is 1. The van der Waals surface area contributed by atoms with Gasteiger partial charge < -0.3 is 75.5 Å². The van der Waals surface area contributed by atoms with Crippen molar-refractivity contribution in [3.05, 3.63) is 100 Å². The molecule has 274 valence electrons. The number of hydrogen-bond donors (Lipinski definition) is 12. The molecule has 0 aliphatic carbocycles. The van der Waals surface area contributed by atoms with Crippen LogP contribution >= 0.6 is 0 Å². The molecule has 2 aliphatic rings. The molecule has 0 saturated heterocycles. The van der Waals surface area contributed by atoms with Gasteiger partial charge in [0, 0.05) is 46.9 Å². The molecule has 12 N–H and O–H groups in total. The van der Waals surface area contributed by atoms with Crippen LogP contribution in [0.15, 0.2) is 66.7 Å². The van der Waals surface area contributed by atoms with Gasteiger partial charge in [0.1, 0.15) is 40.6 Å². The van der Waals surface area contributed by atoms with E-state index in [1.807, 2.05) is 0 Å². The molecule has 2 heterocycles. The molecule has 0 saturated carbocycles. The van der Waals surface area contributed by atoms with Gasteiger partial charge in [0.05, 0.1) is 17.6 Å². The van der Waals surface area contributed by atoms with E-state index in [1.54, 1.807) is 0 Å². The monoisotopic (exact) mass is 730 g/mol. The van der Waals surface area contributed by atoms with Crippen LogP contribution in [0.2, 0.25) is 0 Å². The molecule has 0 radical (unpaired) electrons. The van der Waals surface area contributed by atoms with Gasteiger partial charge in [-0.25, -0.2) is 4.79 Å². The lowest BCUT2D eigenvalue weighted by molar-refractivity contribution is -0.0285. The van der Waals surface area contributed by atoms with Crippen LogP contribution in [-0.2, 0) is 11.2 Å². The maximum atomic E-state index is 13.8. The standard InChI is InChI=1S/C37H30O16/c38-16-9-23(44)29-28(10-16)51-34(14-2-4-19(40)22(43)6-14)36(53-37(50)15-7-25(46)32(49)26(47)8-15)31(29)30-24(45)12-20(41)17-11-27(48)33(52-35(17)30)13-1-3-18(39)21(42)5-13/h1-10,12,27,31,33-34,36,38-49H,11H2/t27?,31-,33?,34-,36-/m1/s1. The van der Waals surface area contributed by atoms with Crippen molar-refractivity contribution in [2.45, 2.75) is 36.8 Å². The van der Waals surface area contributed by atoms with Crippen LogP contribution in [0.5, 0.6) is 74.7 Å². The topological polar surface area (TPSA) is 288 Å². The molecule has 5 aromatic carbocycles. The summed E-state index contributed by atoms with van der Waals surface area (Å²) in [6.07, 6.45) is -6.19. The molecular weight excluding hydrogens is 700 g/mol. The van der Waals surface area contributed by atoms with Gasteiger partial charge in [-0.2, -0.15) is 0 Å². The number of phenolic OH excluding ortho intramolecular Hbond substituents is 11. The first-order valence-electron chi connectivity index (χ1n) is 15.8. The van der Waals surface area contributed by atoms with E-state index in [9.17, 15) is 66.1 Å². The van der Waals surface area contributed by atoms with Crippen LogP contribution < -0.4 is 9.47 Å². The first kappa shape index (κ1) is 34.4. The Hall–Kier alpha value is -7.07. The van der Waals surface area contributed by atoms with Gasteiger partial charge in [-0.1, -0.05) is 12.1 Å². The van der Waals surface area contributed by atoms with E-state index in [4.69, 9.17) is 14.2 Å². The Morgan fingerprint density at radius 2 is 1.17 bits per heavy atom. The number of benzene rings is 5. The van der Waals surface area contributed by atoms with Gasteiger partial charge in [-0.15, -0.1) is 0 Å². The molecule has 53 heavy (non-hydrogen) atoms. The Bertz CT molecular complexity index is 2280. The number of esters is 1. The third kappa shape index (κ3) is 5.85. The fraction of sp³-hybridized carbons (Fsp3) is 0.162. The number of phenols is 11. The molecular formula is C37H30O16.